The van der Waals surface area contributed by atoms with Crippen LogP contribution < -0.4 is 4.90 Å². The fourth-order valence-electron chi connectivity index (χ4n) is 3.04. The number of piperidine rings is 1. The highest BCUT2D eigenvalue weighted by molar-refractivity contribution is 7.17. The van der Waals surface area contributed by atoms with Gasteiger partial charge in [-0.3, -0.25) is 9.36 Å². The highest BCUT2D eigenvalue weighted by Crippen LogP contribution is 2.28. The van der Waals surface area contributed by atoms with Crippen LogP contribution in [-0.4, -0.2) is 52.3 Å². The van der Waals surface area contributed by atoms with Gasteiger partial charge in [0, 0.05) is 45.0 Å². The number of carbonyl (C=O) groups is 1. The van der Waals surface area contributed by atoms with Crippen LogP contribution >= 0.6 is 11.3 Å². The van der Waals surface area contributed by atoms with Crippen LogP contribution in [0.25, 0.3) is 5.13 Å². The number of nitrogens with zero attached hydrogens (tertiary/aromatic N) is 5. The average molecular weight is 347 g/mol. The molecule has 0 aromatic carbocycles. The van der Waals surface area contributed by atoms with Crippen LogP contribution in [-0.2, 0) is 4.79 Å². The second-order valence-electron chi connectivity index (χ2n) is 6.33. The molecule has 1 saturated heterocycles. The second kappa shape index (κ2) is 7.79. The van der Waals surface area contributed by atoms with Gasteiger partial charge in [-0.05, 0) is 31.4 Å². The smallest absolute Gasteiger partial charge is 0.225 e. The molecule has 0 bridgehead atoms. The van der Waals surface area contributed by atoms with E-state index >= 15 is 0 Å². The summed E-state index contributed by atoms with van der Waals surface area (Å²) in [5.74, 6) is 0.452. The molecule has 0 unspecified atom stereocenters. The Morgan fingerprint density at radius 1 is 1.25 bits per heavy atom. The van der Waals surface area contributed by atoms with Gasteiger partial charge in [0.2, 0.25) is 16.2 Å². The van der Waals surface area contributed by atoms with Crippen LogP contribution in [0.4, 0.5) is 5.13 Å². The molecule has 1 aliphatic rings. The quantitative estimate of drug-likeness (QED) is 0.806. The maximum atomic E-state index is 12.5. The molecule has 24 heavy (non-hydrogen) atoms. The standard InChI is InChI=1S/C17H25N5OS/c1-3-4-9-20(2)15(23)14-7-12-22(13-8-14)17-19-18-16(24-17)21-10-5-6-11-21/h5-6,10-11,14H,3-4,7-9,12-13H2,1-2H3. The Kier molecular flexibility index (Phi) is 5.50. The highest BCUT2D eigenvalue weighted by atomic mass is 32.1. The summed E-state index contributed by atoms with van der Waals surface area (Å²) >= 11 is 1.60. The van der Waals surface area contributed by atoms with E-state index in [0.717, 1.165) is 55.6 Å². The Bertz CT molecular complexity index is 646. The van der Waals surface area contributed by atoms with E-state index in [0.29, 0.717) is 5.91 Å². The van der Waals surface area contributed by atoms with Crippen LogP contribution in [0.1, 0.15) is 32.6 Å². The molecule has 3 rings (SSSR count). The number of anilines is 1. The van der Waals surface area contributed by atoms with Gasteiger partial charge in [-0.2, -0.15) is 0 Å². The molecule has 0 saturated carbocycles. The second-order valence-corrected chi connectivity index (χ2v) is 7.27. The molecule has 0 spiro atoms. The Morgan fingerprint density at radius 3 is 2.58 bits per heavy atom. The van der Waals surface area contributed by atoms with E-state index < -0.39 is 0 Å². The van der Waals surface area contributed by atoms with Gasteiger partial charge in [0.05, 0.1) is 0 Å². The van der Waals surface area contributed by atoms with E-state index in [2.05, 4.69) is 22.0 Å². The van der Waals surface area contributed by atoms with Crippen molar-refractivity contribution in [1.82, 2.24) is 19.7 Å². The SMILES string of the molecule is CCCCN(C)C(=O)C1CCN(c2nnc(-n3cccc3)s2)CC1. The molecule has 6 nitrogen and oxygen atoms in total. The molecule has 1 amide bonds. The monoisotopic (exact) mass is 347 g/mol. The number of aromatic nitrogens is 3. The molecular formula is C17H25N5OS. The lowest BCUT2D eigenvalue weighted by molar-refractivity contribution is -0.134. The van der Waals surface area contributed by atoms with Crippen LogP contribution in [0.2, 0.25) is 0 Å². The zero-order chi connectivity index (χ0) is 16.9. The average Bonchev–Trinajstić information content (AvgIpc) is 3.30. The van der Waals surface area contributed by atoms with E-state index in [9.17, 15) is 4.79 Å². The molecule has 7 heteroatoms. The fourth-order valence-corrected chi connectivity index (χ4v) is 3.90. The summed E-state index contributed by atoms with van der Waals surface area (Å²) in [6.07, 6.45) is 7.94. The summed E-state index contributed by atoms with van der Waals surface area (Å²) in [5, 5.41) is 10.4. The first-order valence-corrected chi connectivity index (χ1v) is 9.47. The highest BCUT2D eigenvalue weighted by Gasteiger charge is 2.28. The third-order valence-corrected chi connectivity index (χ3v) is 5.56. The molecule has 0 N–H and O–H groups in total. The van der Waals surface area contributed by atoms with Gasteiger partial charge in [-0.15, -0.1) is 10.2 Å². The summed E-state index contributed by atoms with van der Waals surface area (Å²) in [7, 11) is 1.93. The first kappa shape index (κ1) is 17.0. The van der Waals surface area contributed by atoms with Crippen molar-refractivity contribution < 1.29 is 4.79 Å². The molecule has 2 aromatic heterocycles. The predicted octanol–water partition coefficient (Wildman–Crippen LogP) is 2.80. The minimum Gasteiger partial charge on any atom is -0.347 e. The van der Waals surface area contributed by atoms with Gasteiger partial charge < -0.3 is 9.80 Å². The molecule has 0 radical (unpaired) electrons. The lowest BCUT2D eigenvalue weighted by Crippen LogP contribution is -2.41. The zero-order valence-electron chi connectivity index (χ0n) is 14.4. The summed E-state index contributed by atoms with van der Waals surface area (Å²) < 4.78 is 1.97. The van der Waals surface area contributed by atoms with Gasteiger partial charge in [0.15, 0.2) is 0 Å². The largest absolute Gasteiger partial charge is 0.347 e. The van der Waals surface area contributed by atoms with Crippen molar-refractivity contribution in [2.45, 2.75) is 32.6 Å². The maximum absolute atomic E-state index is 12.5. The van der Waals surface area contributed by atoms with Gasteiger partial charge in [0.1, 0.15) is 0 Å². The predicted molar refractivity (Wildman–Crippen MR) is 96.7 cm³/mol. The van der Waals surface area contributed by atoms with Crippen molar-refractivity contribution in [2.24, 2.45) is 5.92 Å². The third-order valence-electron chi connectivity index (χ3n) is 4.57. The molecule has 0 aliphatic carbocycles. The normalized spacial score (nSPS) is 15.7. The molecule has 1 fully saturated rings. The van der Waals surface area contributed by atoms with E-state index in [1.54, 1.807) is 11.3 Å². The van der Waals surface area contributed by atoms with Crippen LogP contribution in [0.3, 0.4) is 0 Å². The molecule has 1 aliphatic heterocycles. The Balaban J connectivity index is 1.54. The van der Waals surface area contributed by atoms with Gasteiger partial charge in [-0.25, -0.2) is 0 Å². The summed E-state index contributed by atoms with van der Waals surface area (Å²) in [5.41, 5.74) is 0. The first-order chi connectivity index (χ1) is 11.7. The van der Waals surface area contributed by atoms with Gasteiger partial charge >= 0.3 is 0 Å². The lowest BCUT2D eigenvalue weighted by Gasteiger charge is -2.32. The van der Waals surface area contributed by atoms with Crippen molar-refractivity contribution in [1.29, 1.82) is 0 Å². The molecule has 3 heterocycles. The van der Waals surface area contributed by atoms with Crippen molar-refractivity contribution in [3.05, 3.63) is 24.5 Å². The zero-order valence-corrected chi connectivity index (χ0v) is 15.2. The van der Waals surface area contributed by atoms with Gasteiger partial charge in [-0.1, -0.05) is 24.7 Å². The van der Waals surface area contributed by atoms with Crippen molar-refractivity contribution in [3.63, 3.8) is 0 Å². The van der Waals surface area contributed by atoms with Crippen molar-refractivity contribution in [3.8, 4) is 5.13 Å². The lowest BCUT2D eigenvalue weighted by atomic mass is 9.95. The first-order valence-electron chi connectivity index (χ1n) is 8.65. The van der Waals surface area contributed by atoms with E-state index in [1.807, 2.05) is 41.0 Å². The fraction of sp³-hybridized carbons (Fsp3) is 0.588. The number of carbonyl (C=O) groups excluding carboxylic acids is 1. The summed E-state index contributed by atoms with van der Waals surface area (Å²) in [4.78, 5) is 16.6. The summed E-state index contributed by atoms with van der Waals surface area (Å²) in [6, 6.07) is 3.96. The number of hydrogen-bond acceptors (Lipinski definition) is 5. The van der Waals surface area contributed by atoms with Crippen LogP contribution in [0.15, 0.2) is 24.5 Å². The van der Waals surface area contributed by atoms with Crippen LogP contribution in [0.5, 0.6) is 0 Å². The Morgan fingerprint density at radius 2 is 1.92 bits per heavy atom. The molecular weight excluding hydrogens is 322 g/mol. The molecule has 0 atom stereocenters. The van der Waals surface area contributed by atoms with Crippen molar-refractivity contribution in [2.75, 3.05) is 31.6 Å². The van der Waals surface area contributed by atoms with Crippen molar-refractivity contribution >= 4 is 22.4 Å². The maximum Gasteiger partial charge on any atom is 0.225 e. The third kappa shape index (κ3) is 3.77. The van der Waals surface area contributed by atoms with E-state index in [4.69, 9.17) is 0 Å². The number of rotatable bonds is 6. The number of unbranched alkanes of at least 4 members (excludes halogenated alkanes) is 1. The van der Waals surface area contributed by atoms with Gasteiger partial charge in [0.25, 0.3) is 0 Å². The Labute approximate surface area is 147 Å². The Hall–Kier alpha value is -1.89. The summed E-state index contributed by atoms with van der Waals surface area (Å²) in [6.45, 7) is 4.77. The molecule has 2 aromatic rings. The van der Waals surface area contributed by atoms with Crippen LogP contribution in [0, 0.1) is 5.92 Å². The van der Waals surface area contributed by atoms with E-state index in [-0.39, 0.29) is 5.92 Å². The van der Waals surface area contributed by atoms with E-state index in [1.165, 1.54) is 0 Å². The number of hydrogen-bond donors (Lipinski definition) is 0. The molecule has 130 valence electrons. The minimum atomic E-state index is 0.153. The minimum absolute atomic E-state index is 0.153. The number of amides is 1. The topological polar surface area (TPSA) is 54.3 Å².